The standard InChI is InChI=1S/C6H8/c1-3-6-4-5(6)2/h3H,2,4H2,1H3/b6-3+. The van der Waals surface area contributed by atoms with E-state index in [2.05, 4.69) is 12.7 Å². The highest BCUT2D eigenvalue weighted by molar-refractivity contribution is 5.47. The third-order valence-corrected chi connectivity index (χ3v) is 1.08. The largest absolute Gasteiger partial charge is 0.0952 e. The van der Waals surface area contributed by atoms with Crippen molar-refractivity contribution in [2.75, 3.05) is 0 Å². The Morgan fingerprint density at radius 3 is 2.33 bits per heavy atom. The van der Waals surface area contributed by atoms with Crippen LogP contribution in [0.5, 0.6) is 0 Å². The highest BCUT2D eigenvalue weighted by Crippen LogP contribution is 2.33. The van der Waals surface area contributed by atoms with Gasteiger partial charge in [-0.15, -0.1) is 0 Å². The monoisotopic (exact) mass is 80.1 g/mol. The van der Waals surface area contributed by atoms with Crippen molar-refractivity contribution in [3.8, 4) is 0 Å². The van der Waals surface area contributed by atoms with E-state index in [0.717, 1.165) is 6.42 Å². The molecule has 0 unspecified atom stereocenters. The maximum Gasteiger partial charge on any atom is -0.00295 e. The van der Waals surface area contributed by atoms with Gasteiger partial charge < -0.3 is 0 Å². The van der Waals surface area contributed by atoms with E-state index in [0.29, 0.717) is 0 Å². The Balaban J connectivity index is 2.67. The number of hydrogen-bond acceptors (Lipinski definition) is 0. The molecular weight excluding hydrogens is 72.1 g/mol. The van der Waals surface area contributed by atoms with Gasteiger partial charge in [0.25, 0.3) is 0 Å². The van der Waals surface area contributed by atoms with E-state index in [9.17, 15) is 0 Å². The predicted molar refractivity (Wildman–Crippen MR) is 27.5 cm³/mol. The number of hydrogen-bond donors (Lipinski definition) is 0. The molecule has 6 heavy (non-hydrogen) atoms. The van der Waals surface area contributed by atoms with Gasteiger partial charge in [0.1, 0.15) is 0 Å². The molecule has 0 N–H and O–H groups in total. The van der Waals surface area contributed by atoms with E-state index in [1.54, 1.807) is 0 Å². The summed E-state index contributed by atoms with van der Waals surface area (Å²) in [5, 5.41) is 0. The molecule has 0 aromatic rings. The third-order valence-electron chi connectivity index (χ3n) is 1.08. The van der Waals surface area contributed by atoms with Crippen LogP contribution >= 0.6 is 0 Å². The van der Waals surface area contributed by atoms with Gasteiger partial charge in [-0.2, -0.15) is 0 Å². The zero-order valence-electron chi connectivity index (χ0n) is 3.99. The highest BCUT2D eigenvalue weighted by atomic mass is 14.2. The number of rotatable bonds is 0. The first-order valence-electron chi connectivity index (χ1n) is 2.18. The van der Waals surface area contributed by atoms with Crippen LogP contribution in [0.15, 0.2) is 23.8 Å². The molecule has 0 nitrogen and oxygen atoms in total. The summed E-state index contributed by atoms with van der Waals surface area (Å²) in [6, 6.07) is 0. The smallest absolute Gasteiger partial charge is 0.00295 e. The Kier molecular flexibility index (Phi) is 0.592. The predicted octanol–water partition coefficient (Wildman–Crippen LogP) is 1.89. The molecule has 0 saturated heterocycles. The molecule has 0 heterocycles. The topological polar surface area (TPSA) is 0 Å². The molecule has 1 rings (SSSR count). The summed E-state index contributed by atoms with van der Waals surface area (Å²) in [6.45, 7) is 5.80. The molecule has 0 radical (unpaired) electrons. The van der Waals surface area contributed by atoms with Gasteiger partial charge in [-0.05, 0) is 24.5 Å². The average Bonchev–Trinajstić information content (AvgIpc) is 2.19. The van der Waals surface area contributed by atoms with Crippen molar-refractivity contribution < 1.29 is 0 Å². The Labute approximate surface area is 38.2 Å². The van der Waals surface area contributed by atoms with Crippen molar-refractivity contribution in [1.82, 2.24) is 0 Å². The molecule has 0 heteroatoms. The first-order chi connectivity index (χ1) is 2.84. The molecule has 0 aromatic heterocycles. The van der Waals surface area contributed by atoms with Crippen molar-refractivity contribution in [3.63, 3.8) is 0 Å². The Morgan fingerprint density at radius 2 is 2.33 bits per heavy atom. The first-order valence-corrected chi connectivity index (χ1v) is 2.18. The molecule has 0 aromatic carbocycles. The lowest BCUT2D eigenvalue weighted by Crippen LogP contribution is -1.34. The van der Waals surface area contributed by atoms with Crippen molar-refractivity contribution >= 4 is 0 Å². The van der Waals surface area contributed by atoms with Crippen LogP contribution in [0.2, 0.25) is 0 Å². The van der Waals surface area contributed by atoms with Crippen LogP contribution in [-0.4, -0.2) is 0 Å². The van der Waals surface area contributed by atoms with E-state index >= 15 is 0 Å². The van der Waals surface area contributed by atoms with Crippen LogP contribution in [0.4, 0.5) is 0 Å². The molecule has 1 fully saturated rings. The third kappa shape index (κ3) is 0.383. The van der Waals surface area contributed by atoms with E-state index < -0.39 is 0 Å². The Hall–Kier alpha value is -0.520. The summed E-state index contributed by atoms with van der Waals surface area (Å²) >= 11 is 0. The van der Waals surface area contributed by atoms with Gasteiger partial charge in [0.2, 0.25) is 0 Å². The van der Waals surface area contributed by atoms with E-state index in [4.69, 9.17) is 0 Å². The lowest BCUT2D eigenvalue weighted by Gasteiger charge is -1.55. The van der Waals surface area contributed by atoms with Gasteiger partial charge in [-0.1, -0.05) is 12.7 Å². The minimum absolute atomic E-state index is 1.16. The molecule has 0 aliphatic heterocycles. The summed E-state index contributed by atoms with van der Waals surface area (Å²) in [5.74, 6) is 0. The molecule has 0 bridgehead atoms. The summed E-state index contributed by atoms with van der Waals surface area (Å²) in [4.78, 5) is 0. The fourth-order valence-electron chi connectivity index (χ4n) is 0.492. The van der Waals surface area contributed by atoms with Crippen LogP contribution in [0.1, 0.15) is 13.3 Å². The molecule has 0 spiro atoms. The van der Waals surface area contributed by atoms with Gasteiger partial charge in [0.15, 0.2) is 0 Å². The zero-order chi connectivity index (χ0) is 4.57. The zero-order valence-corrected chi connectivity index (χ0v) is 3.99. The van der Waals surface area contributed by atoms with Gasteiger partial charge in [-0.25, -0.2) is 0 Å². The molecular formula is C6H8. The molecule has 1 saturated carbocycles. The van der Waals surface area contributed by atoms with Crippen molar-refractivity contribution in [1.29, 1.82) is 0 Å². The van der Waals surface area contributed by atoms with Crippen LogP contribution < -0.4 is 0 Å². The second-order valence-corrected chi connectivity index (χ2v) is 1.59. The molecule has 1 aliphatic rings. The molecule has 1 aliphatic carbocycles. The van der Waals surface area contributed by atoms with Gasteiger partial charge in [0, 0.05) is 0 Å². The maximum atomic E-state index is 3.75. The molecule has 0 amide bonds. The van der Waals surface area contributed by atoms with E-state index in [1.165, 1.54) is 11.1 Å². The lowest BCUT2D eigenvalue weighted by atomic mass is 10.5. The lowest BCUT2D eigenvalue weighted by molar-refractivity contribution is 1.63. The van der Waals surface area contributed by atoms with Crippen LogP contribution in [0.3, 0.4) is 0 Å². The average molecular weight is 80.1 g/mol. The highest BCUT2D eigenvalue weighted by Gasteiger charge is 2.14. The fraction of sp³-hybridized carbons (Fsp3) is 0.333. The Morgan fingerprint density at radius 1 is 1.83 bits per heavy atom. The van der Waals surface area contributed by atoms with Crippen LogP contribution in [0, 0.1) is 0 Å². The first kappa shape index (κ1) is 3.66. The minimum atomic E-state index is 1.16. The fourth-order valence-corrected chi connectivity index (χ4v) is 0.492. The van der Waals surface area contributed by atoms with E-state index in [1.807, 2.05) is 6.92 Å². The molecule has 32 valence electrons. The molecule has 0 atom stereocenters. The van der Waals surface area contributed by atoms with Crippen LogP contribution in [0.25, 0.3) is 0 Å². The normalized spacial score (nSPS) is 25.5. The van der Waals surface area contributed by atoms with E-state index in [-0.39, 0.29) is 0 Å². The van der Waals surface area contributed by atoms with Gasteiger partial charge >= 0.3 is 0 Å². The maximum absolute atomic E-state index is 3.75. The summed E-state index contributed by atoms with van der Waals surface area (Å²) < 4.78 is 0. The summed E-state index contributed by atoms with van der Waals surface area (Å²) in [5.41, 5.74) is 2.76. The van der Waals surface area contributed by atoms with Gasteiger partial charge in [0.05, 0.1) is 0 Å². The second kappa shape index (κ2) is 0.970. The minimum Gasteiger partial charge on any atom is -0.0952 e. The van der Waals surface area contributed by atoms with Gasteiger partial charge in [-0.3, -0.25) is 0 Å². The van der Waals surface area contributed by atoms with Crippen molar-refractivity contribution in [2.24, 2.45) is 0 Å². The summed E-state index contributed by atoms with van der Waals surface area (Å²) in [7, 11) is 0. The Bertz CT molecular complexity index is 107. The van der Waals surface area contributed by atoms with Crippen molar-refractivity contribution in [3.05, 3.63) is 23.8 Å². The second-order valence-electron chi connectivity index (χ2n) is 1.59. The van der Waals surface area contributed by atoms with Crippen LogP contribution in [-0.2, 0) is 0 Å². The SMILES string of the molecule is C=C1C/C1=C\C. The quantitative estimate of drug-likeness (QED) is 0.417. The summed E-state index contributed by atoms with van der Waals surface area (Å²) in [6.07, 6.45) is 3.28. The van der Waals surface area contributed by atoms with Crippen molar-refractivity contribution in [2.45, 2.75) is 13.3 Å². The number of allylic oxidation sites excluding steroid dienone is 3.